The first kappa shape index (κ1) is 14.5. The molecular weight excluding hydrogens is 214 g/mol. The van der Waals surface area contributed by atoms with Crippen molar-refractivity contribution in [1.82, 2.24) is 5.32 Å². The van der Waals surface area contributed by atoms with Gasteiger partial charge in [0, 0.05) is 12.6 Å². The minimum atomic E-state index is -0.0481. The van der Waals surface area contributed by atoms with E-state index in [-0.39, 0.29) is 5.97 Å². The molecule has 17 heavy (non-hydrogen) atoms. The number of unbranched alkanes of at least 4 members (excludes halogenated alkanes) is 1. The van der Waals surface area contributed by atoms with Gasteiger partial charge in [-0.05, 0) is 25.2 Å². The van der Waals surface area contributed by atoms with Crippen molar-refractivity contribution in [3.05, 3.63) is 0 Å². The average Bonchev–Trinajstić information content (AvgIpc) is 3.13. The molecule has 1 saturated carbocycles. The second-order valence-electron chi connectivity index (χ2n) is 5.08. The largest absolute Gasteiger partial charge is 0.465 e. The number of nitrogens with one attached hydrogen (secondary N) is 1. The lowest BCUT2D eigenvalue weighted by molar-refractivity contribution is -0.145. The number of hydrogen-bond acceptors (Lipinski definition) is 3. The number of carbonyl (C=O) groups is 1. The molecule has 0 bridgehead atoms. The maximum atomic E-state index is 11.5. The summed E-state index contributed by atoms with van der Waals surface area (Å²) in [6.45, 7) is 5.75. The highest BCUT2D eigenvalue weighted by Crippen LogP contribution is 2.18. The summed E-state index contributed by atoms with van der Waals surface area (Å²) in [5.41, 5.74) is 0. The van der Waals surface area contributed by atoms with Gasteiger partial charge in [0.05, 0.1) is 13.0 Å². The van der Waals surface area contributed by atoms with Gasteiger partial charge >= 0.3 is 5.97 Å². The molecule has 0 spiro atoms. The van der Waals surface area contributed by atoms with E-state index in [1.165, 1.54) is 32.1 Å². The van der Waals surface area contributed by atoms with E-state index in [1.807, 2.05) is 0 Å². The Morgan fingerprint density at radius 1 is 1.41 bits per heavy atom. The van der Waals surface area contributed by atoms with E-state index >= 15 is 0 Å². The lowest BCUT2D eigenvalue weighted by Gasteiger charge is -2.14. The van der Waals surface area contributed by atoms with E-state index in [0.717, 1.165) is 13.0 Å². The summed E-state index contributed by atoms with van der Waals surface area (Å²) in [6.07, 6.45) is 7.79. The molecule has 0 aliphatic heterocycles. The predicted octanol–water partition coefficient (Wildman–Crippen LogP) is 2.89. The minimum Gasteiger partial charge on any atom is -0.465 e. The molecule has 0 aromatic carbocycles. The van der Waals surface area contributed by atoms with E-state index in [1.54, 1.807) is 0 Å². The van der Waals surface area contributed by atoms with E-state index in [9.17, 15) is 4.79 Å². The number of rotatable bonds is 10. The second kappa shape index (κ2) is 8.51. The first-order chi connectivity index (χ1) is 8.26. The van der Waals surface area contributed by atoms with Crippen LogP contribution in [-0.4, -0.2) is 25.2 Å². The zero-order chi connectivity index (χ0) is 12.5. The molecule has 0 heterocycles. The molecule has 0 amide bonds. The molecule has 0 saturated heterocycles. The lowest BCUT2D eigenvalue weighted by atomic mass is 10.0. The van der Waals surface area contributed by atoms with Crippen molar-refractivity contribution in [3.8, 4) is 0 Å². The second-order valence-corrected chi connectivity index (χ2v) is 5.08. The van der Waals surface area contributed by atoms with Gasteiger partial charge in [0.1, 0.15) is 0 Å². The fourth-order valence-corrected chi connectivity index (χ4v) is 1.85. The molecular formula is C14H27NO2. The Kier molecular flexibility index (Phi) is 7.25. The van der Waals surface area contributed by atoms with Gasteiger partial charge in [-0.25, -0.2) is 0 Å². The van der Waals surface area contributed by atoms with Crippen molar-refractivity contribution in [2.45, 2.75) is 64.8 Å². The van der Waals surface area contributed by atoms with Crippen LogP contribution in [0.25, 0.3) is 0 Å². The van der Waals surface area contributed by atoms with E-state index in [4.69, 9.17) is 4.74 Å². The fraction of sp³-hybridized carbons (Fsp3) is 0.929. The first-order valence-corrected chi connectivity index (χ1v) is 7.15. The number of carbonyl (C=O) groups excluding carboxylic acids is 1. The van der Waals surface area contributed by atoms with E-state index in [2.05, 4.69) is 19.2 Å². The number of ether oxygens (including phenoxy) is 1. The molecule has 3 nitrogen and oxygen atoms in total. The molecule has 0 aromatic rings. The predicted molar refractivity (Wildman–Crippen MR) is 69.9 cm³/mol. The molecule has 1 unspecified atom stereocenters. The third-order valence-electron chi connectivity index (χ3n) is 3.36. The van der Waals surface area contributed by atoms with Crippen molar-refractivity contribution in [3.63, 3.8) is 0 Å². The van der Waals surface area contributed by atoms with Crippen LogP contribution in [0.2, 0.25) is 0 Å². The third kappa shape index (κ3) is 7.37. The molecule has 1 N–H and O–H groups in total. The average molecular weight is 241 g/mol. The monoisotopic (exact) mass is 241 g/mol. The lowest BCUT2D eigenvalue weighted by Crippen LogP contribution is -2.22. The van der Waals surface area contributed by atoms with E-state index < -0.39 is 0 Å². The molecule has 0 aromatic heterocycles. The molecule has 3 heteroatoms. The SMILES string of the molecule is CCCCC(CC)COC(=O)CCNC1CC1. The summed E-state index contributed by atoms with van der Waals surface area (Å²) in [4.78, 5) is 11.5. The van der Waals surface area contributed by atoms with Crippen LogP contribution < -0.4 is 5.32 Å². The molecule has 1 aliphatic carbocycles. The number of hydrogen-bond donors (Lipinski definition) is 1. The van der Waals surface area contributed by atoms with Crippen LogP contribution in [0.5, 0.6) is 0 Å². The summed E-state index contributed by atoms with van der Waals surface area (Å²) in [5, 5.41) is 3.32. The number of esters is 1. The van der Waals surface area contributed by atoms with Crippen LogP contribution in [0.1, 0.15) is 58.8 Å². The van der Waals surface area contributed by atoms with Gasteiger partial charge < -0.3 is 10.1 Å². The Morgan fingerprint density at radius 3 is 2.76 bits per heavy atom. The Balaban J connectivity index is 1.99. The quantitative estimate of drug-likeness (QED) is 0.598. The highest BCUT2D eigenvalue weighted by atomic mass is 16.5. The Hall–Kier alpha value is -0.570. The molecule has 1 atom stereocenters. The Morgan fingerprint density at radius 2 is 2.18 bits per heavy atom. The smallest absolute Gasteiger partial charge is 0.307 e. The zero-order valence-electron chi connectivity index (χ0n) is 11.3. The van der Waals surface area contributed by atoms with Gasteiger partial charge in [0.15, 0.2) is 0 Å². The summed E-state index contributed by atoms with van der Waals surface area (Å²) >= 11 is 0. The van der Waals surface area contributed by atoms with Gasteiger partial charge in [-0.3, -0.25) is 4.79 Å². The normalized spacial score (nSPS) is 16.8. The van der Waals surface area contributed by atoms with Crippen LogP contribution in [0.4, 0.5) is 0 Å². The minimum absolute atomic E-state index is 0.0481. The van der Waals surface area contributed by atoms with Crippen molar-refractivity contribution < 1.29 is 9.53 Å². The molecule has 0 radical (unpaired) electrons. The fourth-order valence-electron chi connectivity index (χ4n) is 1.85. The van der Waals surface area contributed by atoms with Crippen LogP contribution in [0.3, 0.4) is 0 Å². The Bertz CT molecular complexity index is 214. The van der Waals surface area contributed by atoms with Crippen molar-refractivity contribution in [2.75, 3.05) is 13.2 Å². The topological polar surface area (TPSA) is 38.3 Å². The highest BCUT2D eigenvalue weighted by Gasteiger charge is 2.20. The van der Waals surface area contributed by atoms with E-state index in [0.29, 0.717) is 25.0 Å². The van der Waals surface area contributed by atoms with Crippen LogP contribution in [0.15, 0.2) is 0 Å². The van der Waals surface area contributed by atoms with Crippen molar-refractivity contribution in [2.24, 2.45) is 5.92 Å². The molecule has 1 rings (SSSR count). The van der Waals surface area contributed by atoms with Crippen LogP contribution >= 0.6 is 0 Å². The summed E-state index contributed by atoms with van der Waals surface area (Å²) in [5.74, 6) is 0.503. The molecule has 100 valence electrons. The zero-order valence-corrected chi connectivity index (χ0v) is 11.3. The van der Waals surface area contributed by atoms with Gasteiger partial charge in [-0.15, -0.1) is 0 Å². The molecule has 1 aliphatic rings. The Labute approximate surface area is 105 Å². The third-order valence-corrected chi connectivity index (χ3v) is 3.36. The summed E-state index contributed by atoms with van der Waals surface area (Å²) < 4.78 is 5.32. The summed E-state index contributed by atoms with van der Waals surface area (Å²) in [6, 6.07) is 0.677. The van der Waals surface area contributed by atoms with Gasteiger partial charge in [0.2, 0.25) is 0 Å². The summed E-state index contributed by atoms with van der Waals surface area (Å²) in [7, 11) is 0. The maximum Gasteiger partial charge on any atom is 0.307 e. The van der Waals surface area contributed by atoms with Gasteiger partial charge in [-0.2, -0.15) is 0 Å². The first-order valence-electron chi connectivity index (χ1n) is 7.15. The van der Waals surface area contributed by atoms with Crippen molar-refractivity contribution in [1.29, 1.82) is 0 Å². The standard InChI is InChI=1S/C14H27NO2/c1-3-5-6-12(4-2)11-17-14(16)9-10-15-13-7-8-13/h12-13,15H,3-11H2,1-2H3. The van der Waals surface area contributed by atoms with Crippen molar-refractivity contribution >= 4 is 5.97 Å². The molecule has 1 fully saturated rings. The maximum absolute atomic E-state index is 11.5. The highest BCUT2D eigenvalue weighted by molar-refractivity contribution is 5.69. The van der Waals surface area contributed by atoms with Crippen LogP contribution in [0, 0.1) is 5.92 Å². The van der Waals surface area contributed by atoms with Crippen LogP contribution in [-0.2, 0) is 9.53 Å². The van der Waals surface area contributed by atoms with Gasteiger partial charge in [0.25, 0.3) is 0 Å². The van der Waals surface area contributed by atoms with Gasteiger partial charge in [-0.1, -0.05) is 33.1 Å².